The summed E-state index contributed by atoms with van der Waals surface area (Å²) < 4.78 is 0. The molecule has 0 bridgehead atoms. The van der Waals surface area contributed by atoms with E-state index in [9.17, 15) is 9.59 Å². The first-order valence-electron chi connectivity index (χ1n) is 5.53. The van der Waals surface area contributed by atoms with Crippen LogP contribution in [0.25, 0.3) is 5.69 Å². The first kappa shape index (κ1) is 14.3. The highest BCUT2D eigenvalue weighted by molar-refractivity contribution is 5.90. The summed E-state index contributed by atoms with van der Waals surface area (Å²) in [6.45, 7) is 4.00. The highest BCUT2D eigenvalue weighted by Gasteiger charge is 2.15. The molecule has 0 radical (unpaired) electrons. The number of hydrogen-bond donors (Lipinski definition) is 2. The fourth-order valence-electron chi connectivity index (χ4n) is 1.25. The van der Waals surface area contributed by atoms with E-state index < -0.39 is 5.97 Å². The van der Waals surface area contributed by atoms with Crippen molar-refractivity contribution in [1.29, 1.82) is 0 Å². The lowest BCUT2D eigenvalue weighted by molar-refractivity contribution is -0.105. The average Bonchev–Trinajstić information content (AvgIpc) is 2.95. The molecule has 1 amide bonds. The van der Waals surface area contributed by atoms with Gasteiger partial charge in [-0.25, -0.2) is 9.78 Å². The highest BCUT2D eigenvalue weighted by Crippen LogP contribution is 2.13. The van der Waals surface area contributed by atoms with E-state index in [1.807, 2.05) is 13.8 Å². The van der Waals surface area contributed by atoms with Crippen molar-refractivity contribution in [3.8, 4) is 5.69 Å². The van der Waals surface area contributed by atoms with Crippen molar-refractivity contribution >= 4 is 18.2 Å². The molecule has 19 heavy (non-hydrogen) atoms. The lowest BCUT2D eigenvalue weighted by atomic mass is 10.3. The molecule has 2 heterocycles. The molecule has 8 nitrogen and oxygen atoms in total. The van der Waals surface area contributed by atoms with E-state index in [1.54, 1.807) is 0 Å². The zero-order valence-corrected chi connectivity index (χ0v) is 10.4. The molecule has 0 aliphatic heterocycles. The first-order chi connectivity index (χ1) is 9.22. The van der Waals surface area contributed by atoms with Gasteiger partial charge in [0.2, 0.25) is 6.41 Å². The SMILES string of the molecule is CC.O=CNc1ccc(-n2nccn2)c(C(=O)O)n1. The maximum atomic E-state index is 11.0. The predicted octanol–water partition coefficient (Wildman–Crippen LogP) is 0.955. The number of anilines is 1. The molecule has 2 N–H and O–H groups in total. The first-order valence-corrected chi connectivity index (χ1v) is 5.53. The molecule has 0 saturated carbocycles. The normalized spacial score (nSPS) is 9.16. The molecule has 0 saturated heterocycles. The number of aromatic carboxylic acids is 1. The zero-order chi connectivity index (χ0) is 14.3. The van der Waals surface area contributed by atoms with Crippen LogP contribution in [0.15, 0.2) is 24.5 Å². The number of amides is 1. The Kier molecular flexibility index (Phi) is 5.15. The van der Waals surface area contributed by atoms with Crippen molar-refractivity contribution in [2.45, 2.75) is 13.8 Å². The fraction of sp³-hybridized carbons (Fsp3) is 0.182. The van der Waals surface area contributed by atoms with E-state index in [0.717, 1.165) is 4.80 Å². The maximum absolute atomic E-state index is 11.0. The van der Waals surface area contributed by atoms with Gasteiger partial charge in [0.1, 0.15) is 11.5 Å². The highest BCUT2D eigenvalue weighted by atomic mass is 16.4. The molecular formula is C11H13N5O3. The van der Waals surface area contributed by atoms with E-state index in [1.165, 1.54) is 24.5 Å². The minimum atomic E-state index is -1.23. The van der Waals surface area contributed by atoms with Gasteiger partial charge in [0, 0.05) is 0 Å². The molecule has 8 heteroatoms. The Morgan fingerprint density at radius 2 is 1.95 bits per heavy atom. The number of pyridine rings is 1. The largest absolute Gasteiger partial charge is 0.476 e. The Bertz CT molecular complexity index is 553. The lowest BCUT2D eigenvalue weighted by Crippen LogP contribution is -2.11. The van der Waals surface area contributed by atoms with Crippen LogP contribution in [0, 0.1) is 0 Å². The van der Waals surface area contributed by atoms with Gasteiger partial charge in [-0.2, -0.15) is 10.2 Å². The van der Waals surface area contributed by atoms with Crippen LogP contribution in [0.4, 0.5) is 5.82 Å². The smallest absolute Gasteiger partial charge is 0.356 e. The number of carboxylic acids is 1. The second-order valence-electron chi connectivity index (χ2n) is 2.95. The van der Waals surface area contributed by atoms with Gasteiger partial charge in [0.05, 0.1) is 12.4 Å². The van der Waals surface area contributed by atoms with Crippen LogP contribution in [0.5, 0.6) is 0 Å². The third-order valence-corrected chi connectivity index (χ3v) is 1.92. The lowest BCUT2D eigenvalue weighted by Gasteiger charge is -2.05. The van der Waals surface area contributed by atoms with Gasteiger partial charge in [-0.05, 0) is 12.1 Å². The number of carboxylic acid groups (broad SMARTS) is 1. The molecule has 100 valence electrons. The van der Waals surface area contributed by atoms with Crippen LogP contribution in [0.1, 0.15) is 24.3 Å². The maximum Gasteiger partial charge on any atom is 0.356 e. The fourth-order valence-corrected chi connectivity index (χ4v) is 1.25. The summed E-state index contributed by atoms with van der Waals surface area (Å²) in [4.78, 5) is 26.2. The molecule has 2 aromatic rings. The Morgan fingerprint density at radius 3 is 2.47 bits per heavy atom. The van der Waals surface area contributed by atoms with Crippen LogP contribution < -0.4 is 5.32 Å². The van der Waals surface area contributed by atoms with Crippen LogP contribution in [0.2, 0.25) is 0 Å². The molecule has 2 aromatic heterocycles. The van der Waals surface area contributed by atoms with Gasteiger partial charge in [-0.1, -0.05) is 13.8 Å². The molecule has 0 aliphatic carbocycles. The molecule has 2 rings (SSSR count). The van der Waals surface area contributed by atoms with Crippen LogP contribution in [-0.4, -0.2) is 37.5 Å². The van der Waals surface area contributed by atoms with E-state index in [2.05, 4.69) is 20.5 Å². The third-order valence-electron chi connectivity index (χ3n) is 1.92. The van der Waals surface area contributed by atoms with Gasteiger partial charge in [0.25, 0.3) is 0 Å². The Hall–Kier alpha value is -2.77. The van der Waals surface area contributed by atoms with Crippen LogP contribution >= 0.6 is 0 Å². The number of carbonyl (C=O) groups is 2. The summed E-state index contributed by atoms with van der Waals surface area (Å²) >= 11 is 0. The predicted molar refractivity (Wildman–Crippen MR) is 67.1 cm³/mol. The van der Waals surface area contributed by atoms with E-state index >= 15 is 0 Å². The molecule has 0 spiro atoms. The summed E-state index contributed by atoms with van der Waals surface area (Å²) in [7, 11) is 0. The summed E-state index contributed by atoms with van der Waals surface area (Å²) in [6, 6.07) is 2.92. The monoisotopic (exact) mass is 263 g/mol. The molecule has 0 unspecified atom stereocenters. The summed E-state index contributed by atoms with van der Waals surface area (Å²) in [5, 5.41) is 18.9. The molecular weight excluding hydrogens is 250 g/mol. The quantitative estimate of drug-likeness (QED) is 0.795. The van der Waals surface area contributed by atoms with E-state index in [4.69, 9.17) is 5.11 Å². The van der Waals surface area contributed by atoms with Crippen molar-refractivity contribution in [3.63, 3.8) is 0 Å². The number of aromatic nitrogens is 4. The van der Waals surface area contributed by atoms with Crippen molar-refractivity contribution in [3.05, 3.63) is 30.2 Å². The van der Waals surface area contributed by atoms with Gasteiger partial charge in [-0.3, -0.25) is 4.79 Å². The molecule has 0 atom stereocenters. The number of rotatable bonds is 4. The van der Waals surface area contributed by atoms with Gasteiger partial charge in [-0.15, -0.1) is 4.80 Å². The average molecular weight is 263 g/mol. The Labute approximate surface area is 109 Å². The molecule has 0 aliphatic rings. The van der Waals surface area contributed by atoms with Gasteiger partial charge in [0.15, 0.2) is 5.69 Å². The Balaban J connectivity index is 0.000000861. The topological polar surface area (TPSA) is 110 Å². The minimum absolute atomic E-state index is 0.147. The van der Waals surface area contributed by atoms with Gasteiger partial charge >= 0.3 is 5.97 Å². The zero-order valence-electron chi connectivity index (χ0n) is 10.4. The van der Waals surface area contributed by atoms with Crippen molar-refractivity contribution in [1.82, 2.24) is 20.0 Å². The molecule has 0 fully saturated rings. The number of nitrogens with one attached hydrogen (secondary N) is 1. The summed E-state index contributed by atoms with van der Waals surface area (Å²) in [5.41, 5.74) is -0.0213. The van der Waals surface area contributed by atoms with Crippen molar-refractivity contribution in [2.24, 2.45) is 0 Å². The second-order valence-corrected chi connectivity index (χ2v) is 2.95. The Morgan fingerprint density at radius 1 is 1.32 bits per heavy atom. The van der Waals surface area contributed by atoms with E-state index in [-0.39, 0.29) is 17.2 Å². The third kappa shape index (κ3) is 3.35. The number of hydrogen-bond acceptors (Lipinski definition) is 5. The van der Waals surface area contributed by atoms with Crippen LogP contribution in [0.3, 0.4) is 0 Å². The molecule has 0 aromatic carbocycles. The number of carbonyl (C=O) groups excluding carboxylic acids is 1. The second kappa shape index (κ2) is 6.84. The van der Waals surface area contributed by atoms with E-state index in [0.29, 0.717) is 6.41 Å². The van der Waals surface area contributed by atoms with Gasteiger partial charge < -0.3 is 10.4 Å². The summed E-state index contributed by atoms with van der Waals surface area (Å²) in [6.07, 6.45) is 3.26. The number of nitrogens with zero attached hydrogens (tertiary/aromatic N) is 4. The van der Waals surface area contributed by atoms with Crippen molar-refractivity contribution in [2.75, 3.05) is 5.32 Å². The van der Waals surface area contributed by atoms with Crippen molar-refractivity contribution < 1.29 is 14.7 Å². The van der Waals surface area contributed by atoms with Crippen LogP contribution in [-0.2, 0) is 4.79 Å². The standard InChI is InChI=1S/C9H7N5O3.C2H6/c15-5-10-7-2-1-6(8(13-7)9(16)17)14-11-3-4-12-14;1-2/h1-5H,(H,16,17)(H,10,13,15);1-2H3. The summed E-state index contributed by atoms with van der Waals surface area (Å²) in [5.74, 6) is -1.08. The minimum Gasteiger partial charge on any atom is -0.476 e.